The summed E-state index contributed by atoms with van der Waals surface area (Å²) in [6.07, 6.45) is 2.60. The SMILES string of the molecule is C=CCOc1cccc(NC(=O)C(C)N(c2cc(Cl)ccc2Cl)S(C)(=O)=O)c1. The lowest BCUT2D eigenvalue weighted by atomic mass is 10.2. The maximum absolute atomic E-state index is 12.7. The molecule has 0 saturated carbocycles. The number of carbonyl (C=O) groups excluding carboxylic acids is 1. The fourth-order valence-electron chi connectivity index (χ4n) is 2.50. The Morgan fingerprint density at radius 3 is 2.64 bits per heavy atom. The van der Waals surface area contributed by atoms with Crippen LogP contribution in [0.5, 0.6) is 5.75 Å². The van der Waals surface area contributed by atoms with E-state index in [9.17, 15) is 13.2 Å². The summed E-state index contributed by atoms with van der Waals surface area (Å²) in [4.78, 5) is 12.7. The van der Waals surface area contributed by atoms with Crippen LogP contribution in [0, 0.1) is 0 Å². The molecule has 9 heteroatoms. The highest BCUT2D eigenvalue weighted by molar-refractivity contribution is 7.92. The number of sulfonamides is 1. The molecule has 0 aliphatic carbocycles. The smallest absolute Gasteiger partial charge is 0.247 e. The Balaban J connectivity index is 2.30. The number of halogens is 2. The van der Waals surface area contributed by atoms with Crippen LogP contribution in [0.3, 0.4) is 0 Å². The Morgan fingerprint density at radius 1 is 1.29 bits per heavy atom. The Kier molecular flexibility index (Phi) is 7.35. The fraction of sp³-hybridized carbons (Fsp3) is 0.211. The maximum Gasteiger partial charge on any atom is 0.247 e. The number of amides is 1. The molecule has 0 saturated heterocycles. The average Bonchev–Trinajstić information content (AvgIpc) is 2.62. The first-order valence-corrected chi connectivity index (χ1v) is 10.8. The highest BCUT2D eigenvalue weighted by Gasteiger charge is 2.31. The van der Waals surface area contributed by atoms with Crippen molar-refractivity contribution in [1.29, 1.82) is 0 Å². The monoisotopic (exact) mass is 442 g/mol. The van der Waals surface area contributed by atoms with Crippen molar-refractivity contribution < 1.29 is 17.9 Å². The molecule has 1 unspecified atom stereocenters. The third-order valence-electron chi connectivity index (χ3n) is 3.70. The quantitative estimate of drug-likeness (QED) is 0.616. The highest BCUT2D eigenvalue weighted by Crippen LogP contribution is 2.32. The Labute approximate surface area is 174 Å². The lowest BCUT2D eigenvalue weighted by Crippen LogP contribution is -2.45. The summed E-state index contributed by atoms with van der Waals surface area (Å²) in [7, 11) is -3.82. The average molecular weight is 443 g/mol. The molecular weight excluding hydrogens is 423 g/mol. The Hall–Kier alpha value is -2.22. The van der Waals surface area contributed by atoms with Gasteiger partial charge in [0.25, 0.3) is 0 Å². The molecule has 0 aliphatic rings. The van der Waals surface area contributed by atoms with E-state index in [1.165, 1.54) is 25.1 Å². The molecule has 0 spiro atoms. The van der Waals surface area contributed by atoms with Gasteiger partial charge in [0.05, 0.1) is 17.0 Å². The van der Waals surface area contributed by atoms with Gasteiger partial charge in [-0.15, -0.1) is 0 Å². The normalized spacial score (nSPS) is 12.1. The number of hydrogen-bond acceptors (Lipinski definition) is 4. The van der Waals surface area contributed by atoms with Crippen molar-refractivity contribution in [1.82, 2.24) is 0 Å². The molecule has 2 aromatic carbocycles. The van der Waals surface area contributed by atoms with Crippen molar-refractivity contribution in [2.45, 2.75) is 13.0 Å². The van der Waals surface area contributed by atoms with Gasteiger partial charge in [0.15, 0.2) is 0 Å². The predicted octanol–water partition coefficient (Wildman–Crippen LogP) is 4.35. The standard InChI is InChI=1S/C19H20Cl2N2O4S/c1-4-10-27-16-7-5-6-15(12-16)22-19(24)13(2)23(28(3,25)26)18-11-14(20)8-9-17(18)21/h4-9,11-13H,1,10H2,2-3H3,(H,22,24). The van der Waals surface area contributed by atoms with Crippen LogP contribution in [0.15, 0.2) is 55.1 Å². The summed E-state index contributed by atoms with van der Waals surface area (Å²) in [5, 5.41) is 3.15. The van der Waals surface area contributed by atoms with E-state index in [0.29, 0.717) is 23.1 Å². The van der Waals surface area contributed by atoms with Crippen LogP contribution in [-0.4, -0.2) is 33.2 Å². The zero-order chi connectivity index (χ0) is 20.9. The number of rotatable bonds is 8. The zero-order valence-electron chi connectivity index (χ0n) is 15.4. The molecule has 0 aliphatic heterocycles. The number of anilines is 2. The van der Waals surface area contributed by atoms with Crippen LogP contribution < -0.4 is 14.4 Å². The van der Waals surface area contributed by atoms with Gasteiger partial charge < -0.3 is 10.1 Å². The van der Waals surface area contributed by atoms with Crippen LogP contribution in [-0.2, 0) is 14.8 Å². The molecule has 2 aromatic rings. The van der Waals surface area contributed by atoms with E-state index >= 15 is 0 Å². The first-order chi connectivity index (χ1) is 13.1. The van der Waals surface area contributed by atoms with Gasteiger partial charge in [-0.1, -0.05) is 41.9 Å². The number of benzene rings is 2. The summed E-state index contributed by atoms with van der Waals surface area (Å²) >= 11 is 12.1. The van der Waals surface area contributed by atoms with Crippen LogP contribution in [0.1, 0.15) is 6.92 Å². The van der Waals surface area contributed by atoms with Crippen molar-refractivity contribution in [3.63, 3.8) is 0 Å². The van der Waals surface area contributed by atoms with Crippen molar-refractivity contribution in [2.75, 3.05) is 22.5 Å². The lowest BCUT2D eigenvalue weighted by Gasteiger charge is -2.29. The van der Waals surface area contributed by atoms with Gasteiger partial charge in [0.1, 0.15) is 18.4 Å². The maximum atomic E-state index is 12.7. The third-order valence-corrected chi connectivity index (χ3v) is 5.49. The molecule has 1 atom stereocenters. The number of hydrogen-bond donors (Lipinski definition) is 1. The first kappa shape index (κ1) is 22.1. The van der Waals surface area contributed by atoms with Crippen molar-refractivity contribution >= 4 is 50.5 Å². The second-order valence-corrected chi connectivity index (χ2v) is 8.65. The number of nitrogens with zero attached hydrogens (tertiary/aromatic N) is 1. The highest BCUT2D eigenvalue weighted by atomic mass is 35.5. The van der Waals surface area contributed by atoms with Gasteiger partial charge in [0.2, 0.25) is 15.9 Å². The molecule has 0 fully saturated rings. The van der Waals surface area contributed by atoms with E-state index in [0.717, 1.165) is 10.6 Å². The van der Waals surface area contributed by atoms with E-state index in [4.69, 9.17) is 27.9 Å². The molecule has 28 heavy (non-hydrogen) atoms. The molecule has 150 valence electrons. The molecule has 1 amide bonds. The van der Waals surface area contributed by atoms with Crippen LogP contribution >= 0.6 is 23.2 Å². The summed E-state index contributed by atoms with van der Waals surface area (Å²) in [6.45, 7) is 5.36. The van der Waals surface area contributed by atoms with Crippen molar-refractivity contribution in [3.05, 3.63) is 65.2 Å². The molecule has 0 heterocycles. The van der Waals surface area contributed by atoms with Gasteiger partial charge in [0, 0.05) is 16.8 Å². The molecule has 0 bridgehead atoms. The summed E-state index contributed by atoms with van der Waals surface area (Å²) in [5.41, 5.74) is 0.589. The Morgan fingerprint density at radius 2 is 2.00 bits per heavy atom. The minimum absolute atomic E-state index is 0.127. The first-order valence-electron chi connectivity index (χ1n) is 8.22. The van der Waals surface area contributed by atoms with Crippen LogP contribution in [0.25, 0.3) is 0 Å². The van der Waals surface area contributed by atoms with E-state index in [2.05, 4.69) is 11.9 Å². The third kappa shape index (κ3) is 5.64. The van der Waals surface area contributed by atoms with E-state index in [1.54, 1.807) is 30.3 Å². The fourth-order valence-corrected chi connectivity index (χ4v) is 4.10. The van der Waals surface area contributed by atoms with Crippen LogP contribution in [0.4, 0.5) is 11.4 Å². The van der Waals surface area contributed by atoms with Crippen molar-refractivity contribution in [2.24, 2.45) is 0 Å². The van der Waals surface area contributed by atoms with Crippen molar-refractivity contribution in [3.8, 4) is 5.75 Å². The van der Waals surface area contributed by atoms with Gasteiger partial charge in [-0.2, -0.15) is 0 Å². The zero-order valence-corrected chi connectivity index (χ0v) is 17.7. The second kappa shape index (κ2) is 9.32. The summed E-state index contributed by atoms with van der Waals surface area (Å²) < 4.78 is 31.1. The number of ether oxygens (including phenoxy) is 1. The van der Waals surface area contributed by atoms with Gasteiger partial charge in [-0.25, -0.2) is 8.42 Å². The molecule has 2 rings (SSSR count). The number of nitrogens with one attached hydrogen (secondary N) is 1. The van der Waals surface area contributed by atoms with E-state index < -0.39 is 22.0 Å². The summed E-state index contributed by atoms with van der Waals surface area (Å²) in [6, 6.07) is 10.1. The largest absolute Gasteiger partial charge is 0.489 e. The van der Waals surface area contributed by atoms with Gasteiger partial charge in [-0.05, 0) is 37.3 Å². The van der Waals surface area contributed by atoms with Gasteiger partial charge in [-0.3, -0.25) is 9.10 Å². The topological polar surface area (TPSA) is 75.7 Å². The minimum atomic E-state index is -3.82. The lowest BCUT2D eigenvalue weighted by molar-refractivity contribution is -0.116. The predicted molar refractivity (Wildman–Crippen MR) is 114 cm³/mol. The molecule has 6 nitrogen and oxygen atoms in total. The molecule has 1 N–H and O–H groups in total. The molecular formula is C19H20Cl2N2O4S. The van der Waals surface area contributed by atoms with Crippen LogP contribution in [0.2, 0.25) is 10.0 Å². The molecule has 0 aromatic heterocycles. The Bertz CT molecular complexity index is 980. The van der Waals surface area contributed by atoms with E-state index in [-0.39, 0.29) is 10.7 Å². The second-order valence-electron chi connectivity index (χ2n) is 5.95. The molecule has 0 radical (unpaired) electrons. The minimum Gasteiger partial charge on any atom is -0.489 e. The van der Waals surface area contributed by atoms with Gasteiger partial charge >= 0.3 is 0 Å². The summed E-state index contributed by atoms with van der Waals surface area (Å²) in [5.74, 6) is 0.00513. The van der Waals surface area contributed by atoms with E-state index in [1.807, 2.05) is 0 Å². The number of carbonyl (C=O) groups is 1.